The molecule has 1 aromatic carbocycles. The molecule has 1 N–H and O–H groups in total. The van der Waals surface area contributed by atoms with Gasteiger partial charge >= 0.3 is 0 Å². The molecular formula is C15H20ClNO. The highest BCUT2D eigenvalue weighted by Crippen LogP contribution is 2.29. The standard InChI is InChI=1S/C15H20ClNO/c16-13-4-7-15(18-10-11-2-1-3-11)12(8-13)9-17-14-5-6-14/h4,7-8,11,14,17H,1-3,5-6,9-10H2. The van der Waals surface area contributed by atoms with Gasteiger partial charge in [0.2, 0.25) is 0 Å². The Bertz CT molecular complexity index is 413. The molecule has 2 aliphatic carbocycles. The Morgan fingerprint density at radius 3 is 2.72 bits per heavy atom. The van der Waals surface area contributed by atoms with Crippen molar-refractivity contribution in [2.24, 2.45) is 5.92 Å². The summed E-state index contributed by atoms with van der Waals surface area (Å²) in [5, 5.41) is 4.31. The minimum Gasteiger partial charge on any atom is -0.493 e. The van der Waals surface area contributed by atoms with Crippen molar-refractivity contribution in [1.82, 2.24) is 5.32 Å². The third kappa shape index (κ3) is 3.18. The van der Waals surface area contributed by atoms with E-state index in [1.807, 2.05) is 18.2 Å². The average molecular weight is 266 g/mol. The Balaban J connectivity index is 1.61. The van der Waals surface area contributed by atoms with E-state index in [1.165, 1.54) is 37.7 Å². The zero-order chi connectivity index (χ0) is 12.4. The molecule has 0 spiro atoms. The van der Waals surface area contributed by atoms with Crippen molar-refractivity contribution in [3.8, 4) is 5.75 Å². The fourth-order valence-corrected chi connectivity index (χ4v) is 2.43. The maximum absolute atomic E-state index is 6.07. The van der Waals surface area contributed by atoms with Crippen LogP contribution in [0.3, 0.4) is 0 Å². The SMILES string of the molecule is Clc1ccc(OCC2CCC2)c(CNC2CC2)c1. The number of halogens is 1. The third-order valence-corrected chi connectivity index (χ3v) is 4.12. The fraction of sp³-hybridized carbons (Fsp3) is 0.600. The van der Waals surface area contributed by atoms with E-state index in [9.17, 15) is 0 Å². The Labute approximate surface area is 114 Å². The van der Waals surface area contributed by atoms with Crippen LogP contribution in [0.2, 0.25) is 5.02 Å². The predicted molar refractivity (Wildman–Crippen MR) is 74.1 cm³/mol. The lowest BCUT2D eigenvalue weighted by Gasteiger charge is -2.25. The van der Waals surface area contributed by atoms with Gasteiger partial charge in [0.15, 0.2) is 0 Å². The molecule has 0 radical (unpaired) electrons. The normalized spacial score (nSPS) is 19.6. The zero-order valence-electron chi connectivity index (χ0n) is 10.6. The summed E-state index contributed by atoms with van der Waals surface area (Å²) in [6.07, 6.45) is 6.62. The summed E-state index contributed by atoms with van der Waals surface area (Å²) in [5.41, 5.74) is 1.19. The summed E-state index contributed by atoms with van der Waals surface area (Å²) in [6, 6.07) is 6.65. The van der Waals surface area contributed by atoms with Crippen molar-refractivity contribution in [2.75, 3.05) is 6.61 Å². The minimum atomic E-state index is 0.712. The molecule has 0 saturated heterocycles. The topological polar surface area (TPSA) is 21.3 Å². The van der Waals surface area contributed by atoms with Crippen LogP contribution in [0.5, 0.6) is 5.75 Å². The summed E-state index contributed by atoms with van der Waals surface area (Å²) in [4.78, 5) is 0. The largest absolute Gasteiger partial charge is 0.493 e. The van der Waals surface area contributed by atoms with Crippen LogP contribution in [0.4, 0.5) is 0 Å². The summed E-state index contributed by atoms with van der Waals surface area (Å²) in [5.74, 6) is 1.77. The molecule has 3 rings (SSSR count). The van der Waals surface area contributed by atoms with Crippen LogP contribution in [-0.2, 0) is 6.54 Å². The van der Waals surface area contributed by atoms with Crippen LogP contribution in [0.15, 0.2) is 18.2 Å². The molecule has 2 aliphatic rings. The van der Waals surface area contributed by atoms with E-state index in [0.29, 0.717) is 6.04 Å². The number of hydrogen-bond acceptors (Lipinski definition) is 2. The van der Waals surface area contributed by atoms with Crippen LogP contribution in [0, 0.1) is 5.92 Å². The van der Waals surface area contributed by atoms with Crippen LogP contribution < -0.4 is 10.1 Å². The van der Waals surface area contributed by atoms with Crippen molar-refractivity contribution in [3.05, 3.63) is 28.8 Å². The molecule has 1 aromatic rings. The summed E-state index contributed by atoms with van der Waals surface area (Å²) in [7, 11) is 0. The monoisotopic (exact) mass is 265 g/mol. The highest BCUT2D eigenvalue weighted by atomic mass is 35.5. The van der Waals surface area contributed by atoms with Crippen molar-refractivity contribution >= 4 is 11.6 Å². The van der Waals surface area contributed by atoms with Gasteiger partial charge in [-0.25, -0.2) is 0 Å². The molecule has 98 valence electrons. The van der Waals surface area contributed by atoms with Gasteiger partial charge in [0, 0.05) is 23.2 Å². The van der Waals surface area contributed by atoms with E-state index in [1.54, 1.807) is 0 Å². The number of benzene rings is 1. The molecule has 0 amide bonds. The smallest absolute Gasteiger partial charge is 0.123 e. The van der Waals surface area contributed by atoms with Gasteiger partial charge in [-0.1, -0.05) is 18.0 Å². The van der Waals surface area contributed by atoms with Crippen LogP contribution in [0.25, 0.3) is 0 Å². The first-order valence-electron chi connectivity index (χ1n) is 6.96. The summed E-state index contributed by atoms with van der Waals surface area (Å²) >= 11 is 6.07. The molecule has 0 aliphatic heterocycles. The Hall–Kier alpha value is -0.730. The van der Waals surface area contributed by atoms with Gasteiger partial charge in [-0.15, -0.1) is 0 Å². The number of nitrogens with one attached hydrogen (secondary N) is 1. The lowest BCUT2D eigenvalue weighted by Crippen LogP contribution is -2.21. The fourth-order valence-electron chi connectivity index (χ4n) is 2.24. The quantitative estimate of drug-likeness (QED) is 0.845. The highest BCUT2D eigenvalue weighted by molar-refractivity contribution is 6.30. The van der Waals surface area contributed by atoms with Gasteiger partial charge in [-0.05, 0) is 49.8 Å². The minimum absolute atomic E-state index is 0.712. The first-order valence-corrected chi connectivity index (χ1v) is 7.33. The third-order valence-electron chi connectivity index (χ3n) is 3.88. The van der Waals surface area contributed by atoms with Gasteiger partial charge in [0.25, 0.3) is 0 Å². The molecule has 18 heavy (non-hydrogen) atoms. The van der Waals surface area contributed by atoms with E-state index in [0.717, 1.165) is 29.8 Å². The van der Waals surface area contributed by atoms with Gasteiger partial charge in [-0.3, -0.25) is 0 Å². The maximum Gasteiger partial charge on any atom is 0.123 e. The Morgan fingerprint density at radius 1 is 1.22 bits per heavy atom. The van der Waals surface area contributed by atoms with Gasteiger partial charge < -0.3 is 10.1 Å². The highest BCUT2D eigenvalue weighted by Gasteiger charge is 2.21. The molecule has 2 saturated carbocycles. The van der Waals surface area contributed by atoms with Gasteiger partial charge in [-0.2, -0.15) is 0 Å². The number of ether oxygens (including phenoxy) is 1. The maximum atomic E-state index is 6.07. The second kappa shape index (κ2) is 5.50. The number of hydrogen-bond donors (Lipinski definition) is 1. The lowest BCUT2D eigenvalue weighted by molar-refractivity contribution is 0.179. The first-order chi connectivity index (χ1) is 8.81. The van der Waals surface area contributed by atoms with Gasteiger partial charge in [0.1, 0.15) is 5.75 Å². The molecule has 0 heterocycles. The van der Waals surface area contributed by atoms with Crippen LogP contribution in [-0.4, -0.2) is 12.6 Å². The molecule has 0 atom stereocenters. The summed E-state index contributed by atoms with van der Waals surface area (Å²) in [6.45, 7) is 1.73. The molecule has 2 nitrogen and oxygen atoms in total. The molecule has 0 bridgehead atoms. The second-order valence-electron chi connectivity index (χ2n) is 5.52. The molecule has 0 unspecified atom stereocenters. The van der Waals surface area contributed by atoms with Crippen molar-refractivity contribution in [2.45, 2.75) is 44.7 Å². The first kappa shape index (κ1) is 12.3. The lowest BCUT2D eigenvalue weighted by atomic mass is 9.86. The van der Waals surface area contributed by atoms with Crippen molar-refractivity contribution < 1.29 is 4.74 Å². The molecule has 0 aromatic heterocycles. The van der Waals surface area contributed by atoms with E-state index in [2.05, 4.69) is 5.32 Å². The second-order valence-corrected chi connectivity index (χ2v) is 5.95. The van der Waals surface area contributed by atoms with E-state index >= 15 is 0 Å². The Kier molecular flexibility index (Phi) is 3.76. The van der Waals surface area contributed by atoms with Gasteiger partial charge in [0.05, 0.1) is 6.61 Å². The van der Waals surface area contributed by atoms with Crippen LogP contribution >= 0.6 is 11.6 Å². The predicted octanol–water partition coefficient (Wildman–Crippen LogP) is 3.77. The van der Waals surface area contributed by atoms with Crippen LogP contribution in [0.1, 0.15) is 37.7 Å². The van der Waals surface area contributed by atoms with E-state index in [-0.39, 0.29) is 0 Å². The zero-order valence-corrected chi connectivity index (χ0v) is 11.4. The average Bonchev–Trinajstić information content (AvgIpc) is 3.10. The van der Waals surface area contributed by atoms with Crippen molar-refractivity contribution in [1.29, 1.82) is 0 Å². The van der Waals surface area contributed by atoms with E-state index < -0.39 is 0 Å². The number of rotatable bonds is 6. The summed E-state index contributed by atoms with van der Waals surface area (Å²) < 4.78 is 5.95. The molecule has 3 heteroatoms. The molecule has 2 fully saturated rings. The van der Waals surface area contributed by atoms with Crippen molar-refractivity contribution in [3.63, 3.8) is 0 Å². The molecular weight excluding hydrogens is 246 g/mol. The van der Waals surface area contributed by atoms with E-state index in [4.69, 9.17) is 16.3 Å². The Morgan fingerprint density at radius 2 is 2.06 bits per heavy atom.